The summed E-state index contributed by atoms with van der Waals surface area (Å²) in [5.74, 6) is 0. The number of hydrogen-bond acceptors (Lipinski definition) is 1. The van der Waals surface area contributed by atoms with E-state index in [-0.39, 0.29) is 8.15 Å². The van der Waals surface area contributed by atoms with Gasteiger partial charge >= 0.3 is 0 Å². The fraction of sp³-hybridized carbons (Fsp3) is 1.00. The van der Waals surface area contributed by atoms with Gasteiger partial charge in [-0.05, 0) is 20.3 Å². The molecule has 0 aliphatic rings. The number of rotatable bonds is 2. The fourth-order valence-corrected chi connectivity index (χ4v) is 0.775. The Morgan fingerprint density at radius 1 is 1.50 bits per heavy atom. The van der Waals surface area contributed by atoms with Crippen LogP contribution in [0.15, 0.2) is 0 Å². The smallest absolute Gasteiger partial charge is 0.0480 e. The molecule has 0 aromatic heterocycles. The van der Waals surface area contributed by atoms with Crippen LogP contribution in [0.25, 0.3) is 0 Å². The second-order valence-electron chi connectivity index (χ2n) is 1.23. The van der Waals surface area contributed by atoms with Crippen molar-refractivity contribution in [3.8, 4) is 0 Å². The third-order valence-corrected chi connectivity index (χ3v) is 1.16. The van der Waals surface area contributed by atoms with Gasteiger partial charge in [-0.1, -0.05) is 0 Å². The molecule has 0 radical (unpaired) electrons. The normalized spacial score (nSPS) is 10.0. The van der Waals surface area contributed by atoms with E-state index < -0.39 is 0 Å². The summed E-state index contributed by atoms with van der Waals surface area (Å²) in [7, 11) is -0.101. The van der Waals surface area contributed by atoms with Crippen molar-refractivity contribution in [2.75, 3.05) is 19.9 Å². The molecule has 38 valence electrons. The molecule has 0 spiro atoms. The van der Waals surface area contributed by atoms with Crippen LogP contribution in [0.1, 0.15) is 6.92 Å². The monoisotopic (exact) mass is 106 g/mol. The van der Waals surface area contributed by atoms with Crippen LogP contribution in [-0.4, -0.2) is 19.9 Å². The summed E-state index contributed by atoms with van der Waals surface area (Å²) in [6, 6.07) is 0. The molecule has 0 amide bonds. The molecule has 1 nitrogen and oxygen atoms in total. The maximum Gasteiger partial charge on any atom is 0.0480 e. The quantitative estimate of drug-likeness (QED) is 0.486. The van der Waals surface area contributed by atoms with Gasteiger partial charge in [-0.15, -0.1) is 0 Å². The van der Waals surface area contributed by atoms with E-state index in [4.69, 9.17) is 4.52 Å². The zero-order chi connectivity index (χ0) is 4.99. The first-order chi connectivity index (χ1) is 2.77. The highest BCUT2D eigenvalue weighted by atomic mass is 31.1. The minimum Gasteiger partial charge on any atom is -0.360 e. The topological polar surface area (TPSA) is 9.23 Å². The Kier molecular flexibility index (Phi) is 3.81. The molecule has 0 aliphatic carbocycles. The molecule has 0 saturated heterocycles. The molecular weight excluding hydrogens is 95.0 g/mol. The van der Waals surface area contributed by atoms with E-state index in [1.165, 1.54) is 0 Å². The molecule has 0 aromatic rings. The highest BCUT2D eigenvalue weighted by molar-refractivity contribution is 7.50. The first-order valence-electron chi connectivity index (χ1n) is 2.07. The van der Waals surface area contributed by atoms with Gasteiger partial charge in [0.05, 0.1) is 0 Å². The average molecular weight is 106 g/mol. The second kappa shape index (κ2) is 3.58. The third-order valence-electron chi connectivity index (χ3n) is 0.387. The molecule has 0 aliphatic heterocycles. The van der Waals surface area contributed by atoms with E-state index in [1.54, 1.807) is 0 Å². The standard InChI is InChI=1S/C4H11OP/c1-4-5-6(2)3/h4H2,1-3H3. The largest absolute Gasteiger partial charge is 0.360 e. The van der Waals surface area contributed by atoms with Crippen LogP contribution < -0.4 is 0 Å². The van der Waals surface area contributed by atoms with E-state index in [0.29, 0.717) is 0 Å². The Balaban J connectivity index is 2.63. The van der Waals surface area contributed by atoms with Crippen LogP contribution in [0.4, 0.5) is 0 Å². The lowest BCUT2D eigenvalue weighted by Gasteiger charge is -2.00. The first kappa shape index (κ1) is 6.39. The molecule has 2 heteroatoms. The van der Waals surface area contributed by atoms with E-state index >= 15 is 0 Å². The Bertz CT molecular complexity index is 28.7. The molecule has 0 bridgehead atoms. The van der Waals surface area contributed by atoms with E-state index in [1.807, 2.05) is 6.92 Å². The highest BCUT2D eigenvalue weighted by Crippen LogP contribution is 2.24. The van der Waals surface area contributed by atoms with E-state index in [0.717, 1.165) is 6.61 Å². The van der Waals surface area contributed by atoms with Gasteiger partial charge in [0.15, 0.2) is 0 Å². The minimum absolute atomic E-state index is 0.101. The second-order valence-corrected chi connectivity index (χ2v) is 3.11. The van der Waals surface area contributed by atoms with Crippen LogP contribution in [0.2, 0.25) is 0 Å². The van der Waals surface area contributed by atoms with Crippen molar-refractivity contribution in [3.05, 3.63) is 0 Å². The van der Waals surface area contributed by atoms with Crippen molar-refractivity contribution in [1.82, 2.24) is 0 Å². The molecule has 0 fully saturated rings. The summed E-state index contributed by atoms with van der Waals surface area (Å²) in [6.07, 6.45) is 0. The van der Waals surface area contributed by atoms with Crippen molar-refractivity contribution < 1.29 is 4.52 Å². The van der Waals surface area contributed by atoms with Crippen molar-refractivity contribution in [1.29, 1.82) is 0 Å². The molecule has 0 heterocycles. The average Bonchev–Trinajstić information content (AvgIpc) is 1.35. The maximum absolute atomic E-state index is 5.11. The fourth-order valence-electron chi connectivity index (χ4n) is 0.258. The van der Waals surface area contributed by atoms with E-state index in [2.05, 4.69) is 13.3 Å². The Labute approximate surface area is 40.5 Å². The van der Waals surface area contributed by atoms with Crippen molar-refractivity contribution >= 4 is 8.15 Å². The van der Waals surface area contributed by atoms with Crippen molar-refractivity contribution in [2.45, 2.75) is 6.92 Å². The highest BCUT2D eigenvalue weighted by Gasteiger charge is 1.83. The van der Waals surface area contributed by atoms with Gasteiger partial charge in [0, 0.05) is 14.8 Å². The predicted octanol–water partition coefficient (Wildman–Crippen LogP) is 1.68. The Morgan fingerprint density at radius 2 is 2.00 bits per heavy atom. The lowest BCUT2D eigenvalue weighted by molar-refractivity contribution is 0.383. The summed E-state index contributed by atoms with van der Waals surface area (Å²) in [6.45, 7) is 7.07. The van der Waals surface area contributed by atoms with Gasteiger partial charge < -0.3 is 4.52 Å². The van der Waals surface area contributed by atoms with Gasteiger partial charge in [0.2, 0.25) is 0 Å². The molecule has 0 atom stereocenters. The summed E-state index contributed by atoms with van der Waals surface area (Å²) < 4.78 is 5.11. The zero-order valence-corrected chi connectivity index (χ0v) is 5.46. The van der Waals surface area contributed by atoms with Crippen LogP contribution in [0.5, 0.6) is 0 Å². The minimum atomic E-state index is -0.101. The summed E-state index contributed by atoms with van der Waals surface area (Å²) in [5.41, 5.74) is 0. The maximum atomic E-state index is 5.11. The SMILES string of the molecule is CCOP(C)C. The van der Waals surface area contributed by atoms with Gasteiger partial charge in [0.1, 0.15) is 0 Å². The number of hydrogen-bond donors (Lipinski definition) is 0. The lowest BCUT2D eigenvalue weighted by Crippen LogP contribution is -1.77. The van der Waals surface area contributed by atoms with Crippen LogP contribution in [0.3, 0.4) is 0 Å². The predicted molar refractivity (Wildman–Crippen MR) is 30.4 cm³/mol. The van der Waals surface area contributed by atoms with Gasteiger partial charge in [-0.2, -0.15) is 0 Å². The Hall–Kier alpha value is 0.390. The molecule has 0 saturated carbocycles. The molecule has 0 aromatic carbocycles. The summed E-state index contributed by atoms with van der Waals surface area (Å²) >= 11 is 0. The summed E-state index contributed by atoms with van der Waals surface area (Å²) in [4.78, 5) is 0. The molecule has 6 heavy (non-hydrogen) atoms. The van der Waals surface area contributed by atoms with Gasteiger partial charge in [-0.25, -0.2) is 0 Å². The van der Waals surface area contributed by atoms with Crippen LogP contribution in [-0.2, 0) is 4.52 Å². The molecule has 0 N–H and O–H groups in total. The molecule has 0 unspecified atom stereocenters. The zero-order valence-electron chi connectivity index (χ0n) is 4.56. The summed E-state index contributed by atoms with van der Waals surface area (Å²) in [5, 5.41) is 0. The van der Waals surface area contributed by atoms with Gasteiger partial charge in [0.25, 0.3) is 0 Å². The molecule has 0 rings (SSSR count). The first-order valence-corrected chi connectivity index (χ1v) is 4.23. The molecular formula is C4H11OP. The lowest BCUT2D eigenvalue weighted by atomic mass is 10.9. The van der Waals surface area contributed by atoms with Crippen LogP contribution in [0, 0.1) is 0 Å². The van der Waals surface area contributed by atoms with E-state index in [9.17, 15) is 0 Å². The van der Waals surface area contributed by atoms with Gasteiger partial charge in [-0.3, -0.25) is 0 Å². The Morgan fingerprint density at radius 3 is 2.00 bits per heavy atom. The third kappa shape index (κ3) is 4.39. The van der Waals surface area contributed by atoms with Crippen molar-refractivity contribution in [2.24, 2.45) is 0 Å². The van der Waals surface area contributed by atoms with Crippen LogP contribution >= 0.6 is 8.15 Å². The van der Waals surface area contributed by atoms with Crippen molar-refractivity contribution in [3.63, 3.8) is 0 Å².